The van der Waals surface area contributed by atoms with E-state index in [1.54, 1.807) is 6.20 Å². The molecule has 8 heteroatoms. The maximum Gasteiger partial charge on any atom is 0.252 e. The van der Waals surface area contributed by atoms with Crippen LogP contribution in [0.2, 0.25) is 0 Å². The molecule has 1 unspecified atom stereocenters. The predicted molar refractivity (Wildman–Crippen MR) is 149 cm³/mol. The molecule has 0 aliphatic carbocycles. The van der Waals surface area contributed by atoms with Gasteiger partial charge in [0.2, 0.25) is 0 Å². The Morgan fingerprint density at radius 3 is 2.58 bits per heavy atom. The van der Waals surface area contributed by atoms with Crippen molar-refractivity contribution in [1.29, 1.82) is 0 Å². The monoisotopic (exact) mass is 507 g/mol. The van der Waals surface area contributed by atoms with E-state index in [0.717, 1.165) is 46.3 Å². The number of fused-ring (bicyclic) bond motifs is 1. The highest BCUT2D eigenvalue weighted by molar-refractivity contribution is 5.83. The van der Waals surface area contributed by atoms with Gasteiger partial charge in [-0.3, -0.25) is 14.7 Å². The topological polar surface area (TPSA) is 92.6 Å². The highest BCUT2D eigenvalue weighted by Crippen LogP contribution is 2.27. The summed E-state index contributed by atoms with van der Waals surface area (Å²) in [7, 11) is 0. The molecule has 0 bridgehead atoms. The lowest BCUT2D eigenvalue weighted by Gasteiger charge is -2.30. The highest BCUT2D eigenvalue weighted by atomic mass is 16.1. The number of nitrogens with one attached hydrogen (secondary N) is 1. The van der Waals surface area contributed by atoms with Crippen LogP contribution in [0.3, 0.4) is 0 Å². The molecule has 1 N–H and O–H groups in total. The lowest BCUT2D eigenvalue weighted by atomic mass is 10.0. The number of rotatable bonds is 10. The molecule has 0 saturated carbocycles. The van der Waals surface area contributed by atoms with Crippen LogP contribution in [0.15, 0.2) is 77.9 Å². The summed E-state index contributed by atoms with van der Waals surface area (Å²) >= 11 is 0. The van der Waals surface area contributed by atoms with Crippen LogP contribution in [-0.4, -0.2) is 35.1 Å². The molecule has 0 radical (unpaired) electrons. The lowest BCUT2D eigenvalue weighted by Crippen LogP contribution is -2.32. The number of hydrogen-bond donors (Lipinski definition) is 1. The van der Waals surface area contributed by atoms with Gasteiger partial charge in [-0.15, -0.1) is 5.10 Å². The van der Waals surface area contributed by atoms with Crippen molar-refractivity contribution >= 4 is 10.9 Å². The Hall–Kier alpha value is -4.17. The van der Waals surface area contributed by atoms with Crippen molar-refractivity contribution in [3.63, 3.8) is 0 Å². The Kier molecular flexibility index (Phi) is 7.70. The quantitative estimate of drug-likeness (QED) is 0.288. The molecule has 0 amide bonds. The van der Waals surface area contributed by atoms with E-state index in [4.69, 9.17) is 0 Å². The van der Waals surface area contributed by atoms with Crippen LogP contribution in [0, 0.1) is 13.8 Å². The molecular weight excluding hydrogens is 474 g/mol. The first kappa shape index (κ1) is 25.5. The molecule has 0 saturated heterocycles. The number of aryl methyl sites for hydroxylation is 4. The van der Waals surface area contributed by atoms with Crippen LogP contribution in [-0.2, 0) is 26.1 Å². The van der Waals surface area contributed by atoms with Gasteiger partial charge in [0.05, 0.1) is 11.6 Å². The first-order chi connectivity index (χ1) is 18.5. The van der Waals surface area contributed by atoms with Crippen LogP contribution in [0.4, 0.5) is 0 Å². The number of nitrogens with zero attached hydrogens (tertiary/aromatic N) is 6. The number of aromatic amines is 1. The van der Waals surface area contributed by atoms with Gasteiger partial charge < -0.3 is 4.98 Å². The summed E-state index contributed by atoms with van der Waals surface area (Å²) < 4.78 is 1.90. The zero-order valence-electron chi connectivity index (χ0n) is 22.1. The van der Waals surface area contributed by atoms with Crippen LogP contribution in [0.5, 0.6) is 0 Å². The Morgan fingerprint density at radius 1 is 1.00 bits per heavy atom. The van der Waals surface area contributed by atoms with E-state index < -0.39 is 0 Å². The molecule has 194 valence electrons. The average Bonchev–Trinajstić information content (AvgIpc) is 3.40. The third-order valence-electron chi connectivity index (χ3n) is 7.25. The summed E-state index contributed by atoms with van der Waals surface area (Å²) in [6.07, 6.45) is 5.26. The molecule has 5 rings (SSSR count). The Labute approximate surface area is 222 Å². The SMILES string of the molecule is CCC(c1nnnn1CCc1ccccc1)N(Cc1cccnc1)Cc1cc2ccc(C)c(C)c2[nH]c1=O. The standard InChI is InChI=1S/C30H33N7O/c1-4-27(29-33-34-35-37(29)16-14-23-9-6-5-7-10-23)36(19-24-11-8-15-31-18-24)20-26-17-25-13-12-21(2)22(3)28(25)32-30(26)38/h5-13,15,17-18,27H,4,14,16,19-20H2,1-3H3,(H,32,38). The minimum Gasteiger partial charge on any atom is -0.321 e. The molecule has 38 heavy (non-hydrogen) atoms. The fourth-order valence-electron chi connectivity index (χ4n) is 5.00. The smallest absolute Gasteiger partial charge is 0.252 e. The van der Waals surface area contributed by atoms with E-state index in [-0.39, 0.29) is 11.6 Å². The summed E-state index contributed by atoms with van der Waals surface area (Å²) in [6.45, 7) is 7.99. The van der Waals surface area contributed by atoms with Crippen molar-refractivity contribution in [2.45, 2.75) is 59.3 Å². The number of hydrogen-bond acceptors (Lipinski definition) is 6. The normalized spacial score (nSPS) is 12.3. The van der Waals surface area contributed by atoms with E-state index >= 15 is 0 Å². The Balaban J connectivity index is 1.48. The largest absolute Gasteiger partial charge is 0.321 e. The van der Waals surface area contributed by atoms with Gasteiger partial charge in [-0.2, -0.15) is 0 Å². The third-order valence-corrected chi connectivity index (χ3v) is 7.25. The number of H-pyrrole nitrogens is 1. The van der Waals surface area contributed by atoms with Gasteiger partial charge in [0.15, 0.2) is 5.82 Å². The molecule has 5 aromatic rings. The van der Waals surface area contributed by atoms with E-state index in [0.29, 0.717) is 25.2 Å². The predicted octanol–water partition coefficient (Wildman–Crippen LogP) is 4.92. The third kappa shape index (κ3) is 5.55. The van der Waals surface area contributed by atoms with E-state index in [1.165, 1.54) is 5.56 Å². The lowest BCUT2D eigenvalue weighted by molar-refractivity contribution is 0.160. The average molecular weight is 508 g/mol. The van der Waals surface area contributed by atoms with Crippen LogP contribution < -0.4 is 5.56 Å². The molecule has 0 spiro atoms. The molecule has 2 aromatic carbocycles. The fourth-order valence-corrected chi connectivity index (χ4v) is 5.00. The van der Waals surface area contributed by atoms with Gasteiger partial charge in [0.1, 0.15) is 0 Å². The van der Waals surface area contributed by atoms with Crippen molar-refractivity contribution in [3.8, 4) is 0 Å². The zero-order valence-corrected chi connectivity index (χ0v) is 22.1. The summed E-state index contributed by atoms with van der Waals surface area (Å²) in [4.78, 5) is 23.0. The van der Waals surface area contributed by atoms with Crippen molar-refractivity contribution in [1.82, 2.24) is 35.1 Å². The Bertz CT molecular complexity index is 1560. The molecular formula is C30H33N7O. The summed E-state index contributed by atoms with van der Waals surface area (Å²) in [5.41, 5.74) is 6.11. The van der Waals surface area contributed by atoms with Crippen LogP contribution in [0.1, 0.15) is 53.0 Å². The minimum atomic E-state index is -0.0872. The van der Waals surface area contributed by atoms with E-state index in [2.05, 4.69) is 74.6 Å². The number of pyridine rings is 2. The molecule has 0 aliphatic heterocycles. The highest BCUT2D eigenvalue weighted by Gasteiger charge is 2.26. The van der Waals surface area contributed by atoms with Crippen LogP contribution in [0.25, 0.3) is 10.9 Å². The first-order valence-electron chi connectivity index (χ1n) is 13.1. The molecule has 8 nitrogen and oxygen atoms in total. The van der Waals surface area contributed by atoms with Gasteiger partial charge in [-0.25, -0.2) is 4.68 Å². The second kappa shape index (κ2) is 11.5. The van der Waals surface area contributed by atoms with Gasteiger partial charge in [0.25, 0.3) is 5.56 Å². The van der Waals surface area contributed by atoms with Gasteiger partial charge >= 0.3 is 0 Å². The minimum absolute atomic E-state index is 0.0686. The number of benzene rings is 2. The van der Waals surface area contributed by atoms with Gasteiger partial charge in [-0.05, 0) is 76.9 Å². The first-order valence-corrected chi connectivity index (χ1v) is 13.1. The zero-order chi connectivity index (χ0) is 26.5. The van der Waals surface area contributed by atoms with Crippen molar-refractivity contribution < 1.29 is 0 Å². The van der Waals surface area contributed by atoms with E-state index in [9.17, 15) is 4.79 Å². The molecule has 0 aliphatic rings. The van der Waals surface area contributed by atoms with Gasteiger partial charge in [-0.1, -0.05) is 55.5 Å². The second-order valence-corrected chi connectivity index (χ2v) is 9.78. The van der Waals surface area contributed by atoms with E-state index in [1.807, 2.05) is 48.1 Å². The maximum atomic E-state index is 13.3. The van der Waals surface area contributed by atoms with Crippen LogP contribution >= 0.6 is 0 Å². The fraction of sp³-hybridized carbons (Fsp3) is 0.300. The molecule has 0 fully saturated rings. The van der Waals surface area contributed by atoms with Gasteiger partial charge in [0, 0.05) is 37.6 Å². The Morgan fingerprint density at radius 2 is 1.82 bits per heavy atom. The molecule has 3 aromatic heterocycles. The number of tetrazole rings is 1. The molecule has 3 heterocycles. The summed E-state index contributed by atoms with van der Waals surface area (Å²) in [5, 5.41) is 13.8. The summed E-state index contributed by atoms with van der Waals surface area (Å²) in [5.74, 6) is 0.802. The second-order valence-electron chi connectivity index (χ2n) is 9.78. The number of aromatic nitrogens is 6. The van der Waals surface area contributed by atoms with Crippen molar-refractivity contribution in [3.05, 3.63) is 117 Å². The van der Waals surface area contributed by atoms with Crippen molar-refractivity contribution in [2.24, 2.45) is 0 Å². The van der Waals surface area contributed by atoms with Crippen molar-refractivity contribution in [2.75, 3.05) is 0 Å². The molecule has 1 atom stereocenters. The summed E-state index contributed by atoms with van der Waals surface area (Å²) in [6, 6.07) is 20.4. The maximum absolute atomic E-state index is 13.3.